The Morgan fingerprint density at radius 1 is 0.468 bits per heavy atom. The number of rotatable bonds is 17. The summed E-state index contributed by atoms with van der Waals surface area (Å²) in [5.74, 6) is 3.57. The van der Waals surface area contributed by atoms with Crippen LogP contribution >= 0.6 is 23.2 Å². The van der Waals surface area contributed by atoms with Crippen LogP contribution < -0.4 is 28.4 Å². The second-order valence-electron chi connectivity index (χ2n) is 19.1. The largest absolute Gasteiger partial charge is 0.496 e. The zero-order valence-corrected chi connectivity index (χ0v) is 45.1. The summed E-state index contributed by atoms with van der Waals surface area (Å²) in [6, 6.07) is 38.6. The normalized spacial score (nSPS) is 15.6. The molecule has 0 spiro atoms. The average molecular weight is 1080 g/mol. The predicted molar refractivity (Wildman–Crippen MR) is 304 cm³/mol. The van der Waals surface area contributed by atoms with Crippen molar-refractivity contribution in [2.24, 2.45) is 0 Å². The number of hydrogen-bond acceptors (Lipinski definition) is 9. The Kier molecular flexibility index (Phi) is 17.9. The molecular formula is C63H63Cl2N3O9. The number of piperidine rings is 3. The van der Waals surface area contributed by atoms with Gasteiger partial charge in [0.05, 0.1) is 31.4 Å². The van der Waals surface area contributed by atoms with Gasteiger partial charge in [0.15, 0.2) is 0 Å². The minimum atomic E-state index is -0.184. The summed E-state index contributed by atoms with van der Waals surface area (Å²) in [6.07, 6.45) is 11.7. The molecule has 398 valence electrons. The van der Waals surface area contributed by atoms with E-state index in [4.69, 9.17) is 51.6 Å². The molecule has 3 aliphatic rings. The van der Waals surface area contributed by atoms with E-state index in [1.807, 2.05) is 137 Å². The molecule has 9 rings (SSSR count). The maximum Gasteiger partial charge on any atom is 0.246 e. The lowest BCUT2D eigenvalue weighted by Gasteiger charge is -2.32. The van der Waals surface area contributed by atoms with Crippen molar-refractivity contribution in [2.75, 3.05) is 60.6 Å². The molecule has 77 heavy (non-hydrogen) atoms. The van der Waals surface area contributed by atoms with Crippen LogP contribution in [0.1, 0.15) is 49.7 Å². The van der Waals surface area contributed by atoms with E-state index in [1.165, 1.54) is 6.08 Å². The summed E-state index contributed by atoms with van der Waals surface area (Å²) in [6.45, 7) is 6.82. The summed E-state index contributed by atoms with van der Waals surface area (Å²) in [7, 11) is 4.91. The maximum absolute atomic E-state index is 13.8. The fourth-order valence-electron chi connectivity index (χ4n) is 10.3. The number of carbonyl (C=O) groups is 3. The summed E-state index contributed by atoms with van der Waals surface area (Å²) < 4.78 is 36.6. The van der Waals surface area contributed by atoms with Gasteiger partial charge in [0.25, 0.3) is 0 Å². The van der Waals surface area contributed by atoms with Gasteiger partial charge in [-0.1, -0.05) is 109 Å². The van der Waals surface area contributed by atoms with Crippen molar-refractivity contribution in [3.8, 4) is 67.9 Å². The topological polar surface area (TPSA) is 116 Å². The third-order valence-corrected chi connectivity index (χ3v) is 15.2. The number of hydrogen-bond donors (Lipinski definition) is 0. The van der Waals surface area contributed by atoms with E-state index in [0.717, 1.165) is 56.2 Å². The molecular weight excluding hydrogens is 1010 g/mol. The number of ether oxygens (including phenoxy) is 6. The predicted octanol–water partition coefficient (Wildman–Crippen LogP) is 12.7. The van der Waals surface area contributed by atoms with Gasteiger partial charge < -0.3 is 43.1 Å². The lowest BCUT2D eigenvalue weighted by atomic mass is 9.97. The van der Waals surface area contributed by atoms with E-state index >= 15 is 0 Å². The van der Waals surface area contributed by atoms with Crippen LogP contribution in [0.4, 0.5) is 0 Å². The zero-order chi connectivity index (χ0) is 53.8. The Bertz CT molecular complexity index is 3140. The third-order valence-electron chi connectivity index (χ3n) is 14.4. The van der Waals surface area contributed by atoms with Crippen LogP contribution in [0.3, 0.4) is 0 Å². The van der Waals surface area contributed by atoms with Crippen molar-refractivity contribution in [3.05, 3.63) is 167 Å². The van der Waals surface area contributed by atoms with Gasteiger partial charge in [0.2, 0.25) is 17.7 Å². The molecule has 12 nitrogen and oxygen atoms in total. The molecule has 0 saturated carbocycles. The summed E-state index contributed by atoms with van der Waals surface area (Å²) >= 11 is 14.4. The van der Waals surface area contributed by atoms with Crippen LogP contribution in [-0.4, -0.2) is 111 Å². The standard InChI is InChI=1S/C63H63Cl2N3O9/c1-5-57(69)66-35-31-46(32-36-66)77-56-25-20-44(61(63(56)65)50-16-10-12-18-53(50)73-3)22-28-59(71)68-39-33-47(34-40-68)76-55-24-19-43(60(62(55)64)42-13-7-6-8-14-42)21-27-58(70)67-37-29-45(30-38-67)75-48-23-26-54(74-4)51(41-48)49-15-9-11-17-52(49)72-2/h5-28,41,45-47H,1,29-40H2,2-4H3/b27-21+,28-22+. The highest BCUT2D eigenvalue weighted by molar-refractivity contribution is 6.36. The summed E-state index contributed by atoms with van der Waals surface area (Å²) in [4.78, 5) is 45.1. The Morgan fingerprint density at radius 2 is 0.883 bits per heavy atom. The summed E-state index contributed by atoms with van der Waals surface area (Å²) in [5, 5.41) is 0.854. The number of likely N-dealkylation sites (tertiary alicyclic amines) is 3. The Hall–Kier alpha value is -7.67. The first-order chi connectivity index (χ1) is 37.5. The molecule has 14 heteroatoms. The second-order valence-corrected chi connectivity index (χ2v) is 19.9. The van der Waals surface area contributed by atoms with Crippen molar-refractivity contribution in [3.63, 3.8) is 0 Å². The van der Waals surface area contributed by atoms with Gasteiger partial charge in [0, 0.05) is 118 Å². The third kappa shape index (κ3) is 12.8. The van der Waals surface area contributed by atoms with Gasteiger partial charge in [-0.25, -0.2) is 0 Å². The highest BCUT2D eigenvalue weighted by Gasteiger charge is 2.28. The lowest BCUT2D eigenvalue weighted by molar-refractivity contribution is -0.128. The molecule has 0 atom stereocenters. The van der Waals surface area contributed by atoms with E-state index in [9.17, 15) is 14.4 Å². The van der Waals surface area contributed by atoms with E-state index in [2.05, 4.69) is 6.58 Å². The SMILES string of the molecule is C=CC(=O)N1CCC(Oc2ccc(/C=C/C(=O)N3CCC(Oc4ccc(/C=C/C(=O)N5CCC(Oc6ccc(OC)c(-c7ccccc7OC)c6)CC5)c(-c5ccccc5)c4Cl)CC3)c(-c3ccccc3OC)c2Cl)CC1. The Balaban J connectivity index is 0.822. The molecule has 0 N–H and O–H groups in total. The van der Waals surface area contributed by atoms with Crippen LogP contribution in [-0.2, 0) is 14.4 Å². The molecule has 0 radical (unpaired) electrons. The fourth-order valence-corrected chi connectivity index (χ4v) is 10.9. The second kappa shape index (κ2) is 25.4. The quantitative estimate of drug-likeness (QED) is 0.0823. The first-order valence-corrected chi connectivity index (χ1v) is 26.8. The Morgan fingerprint density at radius 3 is 1.40 bits per heavy atom. The molecule has 3 aliphatic heterocycles. The number of carbonyl (C=O) groups excluding carboxylic acids is 3. The van der Waals surface area contributed by atoms with Crippen LogP contribution in [0.15, 0.2) is 146 Å². The van der Waals surface area contributed by atoms with Crippen molar-refractivity contribution in [1.82, 2.24) is 14.7 Å². The van der Waals surface area contributed by atoms with Gasteiger partial charge in [-0.15, -0.1) is 0 Å². The van der Waals surface area contributed by atoms with Crippen LogP contribution in [0.2, 0.25) is 10.0 Å². The highest BCUT2D eigenvalue weighted by Crippen LogP contribution is 2.44. The van der Waals surface area contributed by atoms with Crippen LogP contribution in [0.5, 0.6) is 34.5 Å². The van der Waals surface area contributed by atoms with Crippen molar-refractivity contribution >= 4 is 53.1 Å². The van der Waals surface area contributed by atoms with Crippen LogP contribution in [0.25, 0.3) is 45.5 Å². The first kappa shape index (κ1) is 54.1. The number of benzene rings is 6. The Labute approximate surface area is 461 Å². The minimum absolute atomic E-state index is 0.0591. The van der Waals surface area contributed by atoms with Gasteiger partial charge in [0.1, 0.15) is 52.8 Å². The monoisotopic (exact) mass is 1080 g/mol. The first-order valence-electron chi connectivity index (χ1n) is 26.1. The maximum atomic E-state index is 13.8. The number of para-hydroxylation sites is 2. The molecule has 0 unspecified atom stereocenters. The molecule has 0 bridgehead atoms. The molecule has 3 saturated heterocycles. The lowest BCUT2D eigenvalue weighted by Crippen LogP contribution is -2.41. The molecule has 0 aromatic heterocycles. The van der Waals surface area contributed by atoms with Gasteiger partial charge in [-0.05, 0) is 77.4 Å². The molecule has 3 fully saturated rings. The number of methoxy groups -OCH3 is 3. The zero-order valence-electron chi connectivity index (χ0n) is 43.6. The van der Waals surface area contributed by atoms with Gasteiger partial charge in [-0.2, -0.15) is 0 Å². The number of nitrogens with zero attached hydrogens (tertiary/aromatic N) is 3. The van der Waals surface area contributed by atoms with Crippen LogP contribution in [0, 0.1) is 0 Å². The summed E-state index contributed by atoms with van der Waals surface area (Å²) in [5.41, 5.74) is 6.41. The van der Waals surface area contributed by atoms with E-state index in [1.54, 1.807) is 44.5 Å². The van der Waals surface area contributed by atoms with E-state index in [0.29, 0.717) is 111 Å². The molecule has 6 aromatic carbocycles. The van der Waals surface area contributed by atoms with E-state index in [-0.39, 0.29) is 36.0 Å². The molecule has 3 heterocycles. The molecule has 6 aromatic rings. The number of amides is 3. The minimum Gasteiger partial charge on any atom is -0.496 e. The van der Waals surface area contributed by atoms with Crippen molar-refractivity contribution < 1.29 is 42.8 Å². The van der Waals surface area contributed by atoms with Gasteiger partial charge >= 0.3 is 0 Å². The van der Waals surface area contributed by atoms with Crippen molar-refractivity contribution in [1.29, 1.82) is 0 Å². The van der Waals surface area contributed by atoms with E-state index < -0.39 is 0 Å². The highest BCUT2D eigenvalue weighted by atomic mass is 35.5. The number of halogens is 2. The smallest absolute Gasteiger partial charge is 0.246 e. The van der Waals surface area contributed by atoms with Crippen molar-refractivity contribution in [2.45, 2.75) is 56.8 Å². The molecule has 3 amide bonds. The molecule has 0 aliphatic carbocycles. The fraction of sp³-hybridized carbons (Fsp3) is 0.286. The average Bonchev–Trinajstić information content (AvgIpc) is 3.49. The van der Waals surface area contributed by atoms with Gasteiger partial charge in [-0.3, -0.25) is 14.4 Å².